The van der Waals surface area contributed by atoms with E-state index >= 15 is 0 Å². The Morgan fingerprint density at radius 2 is 1.95 bits per heavy atom. The minimum atomic E-state index is -4.53. The summed E-state index contributed by atoms with van der Waals surface area (Å²) in [5.74, 6) is -0.210. The fourth-order valence-electron chi connectivity index (χ4n) is 1.95. The smallest absolute Gasteiger partial charge is 0.420 e. The molecule has 1 aromatic carbocycles. The van der Waals surface area contributed by atoms with Gasteiger partial charge in [0.25, 0.3) is 0 Å². The van der Waals surface area contributed by atoms with Crippen molar-refractivity contribution in [3.05, 3.63) is 29.3 Å². The number of halogens is 3. The van der Waals surface area contributed by atoms with Gasteiger partial charge in [-0.25, -0.2) is 5.32 Å². The maximum absolute atomic E-state index is 12.9. The van der Waals surface area contributed by atoms with Gasteiger partial charge in [-0.05, 0) is 31.0 Å². The average Bonchev–Trinajstić information content (AvgIpc) is 2.39. The Morgan fingerprint density at radius 3 is 2.53 bits per heavy atom. The van der Waals surface area contributed by atoms with E-state index < -0.39 is 11.7 Å². The van der Waals surface area contributed by atoms with Gasteiger partial charge in [-0.2, -0.15) is 18.4 Å². The van der Waals surface area contributed by atoms with Crippen molar-refractivity contribution in [1.82, 2.24) is 5.32 Å². The van der Waals surface area contributed by atoms with Gasteiger partial charge in [0, 0.05) is 13.1 Å². The van der Waals surface area contributed by atoms with Crippen molar-refractivity contribution in [1.29, 1.82) is 5.26 Å². The molecule has 0 aromatic heterocycles. The lowest BCUT2D eigenvalue weighted by Crippen LogP contribution is -2.30. The van der Waals surface area contributed by atoms with Crippen molar-refractivity contribution < 1.29 is 17.9 Å². The number of piperidine rings is 1. The number of alkyl halides is 3. The van der Waals surface area contributed by atoms with E-state index in [0.717, 1.165) is 6.07 Å². The average molecular weight is 269 g/mol. The van der Waals surface area contributed by atoms with Crippen LogP contribution in [0, 0.1) is 11.3 Å². The second-order valence-electron chi connectivity index (χ2n) is 4.31. The molecule has 0 bridgehead atoms. The second-order valence-corrected chi connectivity index (χ2v) is 4.31. The number of hydrogen-bond acceptors (Lipinski definition) is 2. The summed E-state index contributed by atoms with van der Waals surface area (Å²) in [5, 5.41) is 12.8. The SMILES string of the molecule is N#Cc1ccc(OC2CC[N]CC2)c(C(F)(F)F)c1. The van der Waals surface area contributed by atoms with Crippen LogP contribution in [0.1, 0.15) is 24.0 Å². The summed E-state index contributed by atoms with van der Waals surface area (Å²) in [6, 6.07) is 5.07. The van der Waals surface area contributed by atoms with Crippen molar-refractivity contribution in [2.45, 2.75) is 25.1 Å². The molecule has 1 heterocycles. The predicted molar refractivity (Wildman–Crippen MR) is 61.7 cm³/mol. The monoisotopic (exact) mass is 269 g/mol. The molecule has 1 aliphatic heterocycles. The summed E-state index contributed by atoms with van der Waals surface area (Å²) in [5.41, 5.74) is -0.924. The Balaban J connectivity index is 2.26. The summed E-state index contributed by atoms with van der Waals surface area (Å²) >= 11 is 0. The Labute approximate surface area is 109 Å². The lowest BCUT2D eigenvalue weighted by molar-refractivity contribution is -0.139. The first-order valence-electron chi connectivity index (χ1n) is 5.92. The molecule has 1 fully saturated rings. The number of rotatable bonds is 2. The summed E-state index contributed by atoms with van der Waals surface area (Å²) in [6.07, 6.45) is -3.53. The van der Waals surface area contributed by atoms with Crippen LogP contribution in [0.4, 0.5) is 13.2 Å². The fraction of sp³-hybridized carbons (Fsp3) is 0.462. The quantitative estimate of drug-likeness (QED) is 0.828. The molecule has 6 heteroatoms. The van der Waals surface area contributed by atoms with Gasteiger partial charge in [0.15, 0.2) is 0 Å². The van der Waals surface area contributed by atoms with Gasteiger partial charge in [0.1, 0.15) is 11.9 Å². The van der Waals surface area contributed by atoms with E-state index in [1.807, 2.05) is 0 Å². The molecule has 0 unspecified atom stereocenters. The standard InChI is InChI=1S/C13H12F3N2O/c14-13(15,16)11-7-9(8-17)1-2-12(11)19-10-3-5-18-6-4-10/h1-2,7,10H,3-6H2. The Bertz CT molecular complexity index is 488. The van der Waals surface area contributed by atoms with Crippen LogP contribution in [0.3, 0.4) is 0 Å². The first-order valence-corrected chi connectivity index (χ1v) is 5.92. The molecule has 19 heavy (non-hydrogen) atoms. The van der Waals surface area contributed by atoms with E-state index in [4.69, 9.17) is 10.00 Å². The Kier molecular flexibility index (Phi) is 3.96. The van der Waals surface area contributed by atoms with Crippen LogP contribution in [-0.4, -0.2) is 19.2 Å². The van der Waals surface area contributed by atoms with Crippen molar-refractivity contribution in [3.63, 3.8) is 0 Å². The molecule has 1 saturated heterocycles. The van der Waals surface area contributed by atoms with Crippen LogP contribution in [-0.2, 0) is 6.18 Å². The maximum Gasteiger partial charge on any atom is 0.420 e. The van der Waals surface area contributed by atoms with E-state index in [2.05, 4.69) is 5.32 Å². The minimum absolute atomic E-state index is 0.0293. The number of nitriles is 1. The normalized spacial score (nSPS) is 16.9. The van der Waals surface area contributed by atoms with Crippen LogP contribution in [0.25, 0.3) is 0 Å². The third-order valence-corrected chi connectivity index (χ3v) is 2.93. The highest BCUT2D eigenvalue weighted by atomic mass is 19.4. The van der Waals surface area contributed by atoms with E-state index in [1.54, 1.807) is 6.07 Å². The second kappa shape index (κ2) is 5.49. The third kappa shape index (κ3) is 3.38. The molecule has 1 aliphatic rings. The van der Waals surface area contributed by atoms with Crippen molar-refractivity contribution in [2.75, 3.05) is 13.1 Å². The van der Waals surface area contributed by atoms with E-state index in [-0.39, 0.29) is 17.4 Å². The summed E-state index contributed by atoms with van der Waals surface area (Å²) in [7, 11) is 0. The first-order chi connectivity index (χ1) is 9.00. The van der Waals surface area contributed by atoms with Crippen LogP contribution in [0.2, 0.25) is 0 Å². The van der Waals surface area contributed by atoms with Gasteiger partial charge in [0.2, 0.25) is 0 Å². The highest BCUT2D eigenvalue weighted by Crippen LogP contribution is 2.37. The molecule has 0 atom stereocenters. The largest absolute Gasteiger partial charge is 0.490 e. The number of hydrogen-bond donors (Lipinski definition) is 0. The van der Waals surface area contributed by atoms with Crippen LogP contribution in [0.5, 0.6) is 5.75 Å². The minimum Gasteiger partial charge on any atom is -0.490 e. The van der Waals surface area contributed by atoms with Gasteiger partial charge in [-0.1, -0.05) is 0 Å². The molecule has 0 N–H and O–H groups in total. The van der Waals surface area contributed by atoms with Crippen molar-refractivity contribution >= 4 is 0 Å². The fourth-order valence-corrected chi connectivity index (χ4v) is 1.95. The van der Waals surface area contributed by atoms with Crippen molar-refractivity contribution in [2.24, 2.45) is 0 Å². The molecule has 0 saturated carbocycles. The van der Waals surface area contributed by atoms with Gasteiger partial charge < -0.3 is 4.74 Å². The van der Waals surface area contributed by atoms with Gasteiger partial charge >= 0.3 is 6.18 Å². The van der Waals surface area contributed by atoms with E-state index in [9.17, 15) is 13.2 Å². The molecular weight excluding hydrogens is 257 g/mol. The first kappa shape index (κ1) is 13.7. The van der Waals surface area contributed by atoms with Gasteiger partial charge in [-0.3, -0.25) is 0 Å². The zero-order valence-electron chi connectivity index (χ0n) is 10.1. The molecule has 101 valence electrons. The molecule has 1 radical (unpaired) electrons. The highest BCUT2D eigenvalue weighted by Gasteiger charge is 2.35. The Hall–Kier alpha value is -1.74. The highest BCUT2D eigenvalue weighted by molar-refractivity contribution is 5.43. The van der Waals surface area contributed by atoms with Gasteiger partial charge in [0.05, 0.1) is 17.2 Å². The zero-order valence-corrected chi connectivity index (χ0v) is 10.1. The topological polar surface area (TPSA) is 47.1 Å². The third-order valence-electron chi connectivity index (χ3n) is 2.93. The predicted octanol–water partition coefficient (Wildman–Crippen LogP) is 2.72. The summed E-state index contributed by atoms with van der Waals surface area (Å²) in [6.45, 7) is 1.23. The zero-order chi connectivity index (χ0) is 13.9. The number of benzene rings is 1. The Morgan fingerprint density at radius 1 is 1.26 bits per heavy atom. The lowest BCUT2D eigenvalue weighted by atomic mass is 10.1. The van der Waals surface area contributed by atoms with E-state index in [1.165, 1.54) is 12.1 Å². The molecule has 0 amide bonds. The molecular formula is C13H12F3N2O. The molecule has 0 spiro atoms. The van der Waals surface area contributed by atoms with Crippen LogP contribution < -0.4 is 10.1 Å². The number of nitrogens with zero attached hydrogens (tertiary/aromatic N) is 2. The summed E-state index contributed by atoms with van der Waals surface area (Å²) in [4.78, 5) is 0. The van der Waals surface area contributed by atoms with Crippen LogP contribution in [0.15, 0.2) is 18.2 Å². The maximum atomic E-state index is 12.9. The summed E-state index contributed by atoms with van der Waals surface area (Å²) < 4.78 is 44.2. The molecule has 1 aromatic rings. The lowest BCUT2D eigenvalue weighted by Gasteiger charge is -2.24. The van der Waals surface area contributed by atoms with Crippen molar-refractivity contribution in [3.8, 4) is 11.8 Å². The van der Waals surface area contributed by atoms with E-state index in [0.29, 0.717) is 25.9 Å². The van der Waals surface area contributed by atoms with Gasteiger partial charge in [-0.15, -0.1) is 0 Å². The molecule has 0 aliphatic carbocycles. The number of ether oxygens (including phenoxy) is 1. The molecule has 2 rings (SSSR count). The van der Waals surface area contributed by atoms with Crippen LogP contribution >= 0.6 is 0 Å². The molecule has 3 nitrogen and oxygen atoms in total.